The van der Waals surface area contributed by atoms with Gasteiger partial charge in [0.25, 0.3) is 0 Å². The van der Waals surface area contributed by atoms with Crippen molar-refractivity contribution in [2.75, 3.05) is 0 Å². The predicted octanol–water partition coefficient (Wildman–Crippen LogP) is 5.71. The van der Waals surface area contributed by atoms with Crippen molar-refractivity contribution in [2.24, 2.45) is 17.3 Å². The van der Waals surface area contributed by atoms with E-state index in [4.69, 9.17) is 9.15 Å². The number of ether oxygens (including phenoxy) is 1. The molecule has 0 amide bonds. The van der Waals surface area contributed by atoms with E-state index in [1.165, 1.54) is 11.1 Å². The van der Waals surface area contributed by atoms with E-state index in [1.807, 2.05) is 31.2 Å². The van der Waals surface area contributed by atoms with Gasteiger partial charge in [0.2, 0.25) is 0 Å². The van der Waals surface area contributed by atoms with Crippen molar-refractivity contribution < 1.29 is 13.9 Å². The van der Waals surface area contributed by atoms with Crippen molar-refractivity contribution in [3.63, 3.8) is 0 Å². The molecule has 0 N–H and O–H groups in total. The van der Waals surface area contributed by atoms with Gasteiger partial charge in [0.15, 0.2) is 0 Å². The number of rotatable bonds is 7. The third-order valence-electron chi connectivity index (χ3n) is 5.50. The first kappa shape index (κ1) is 19.2. The van der Waals surface area contributed by atoms with Crippen LogP contribution in [0.5, 0.6) is 0 Å². The highest BCUT2D eigenvalue weighted by Gasteiger charge is 2.61. The Labute approximate surface area is 161 Å². The summed E-state index contributed by atoms with van der Waals surface area (Å²) in [4.78, 5) is 12.5. The van der Waals surface area contributed by atoms with E-state index in [1.54, 1.807) is 6.26 Å². The highest BCUT2D eigenvalue weighted by atomic mass is 16.5. The molecule has 1 aromatic carbocycles. The fourth-order valence-electron chi connectivity index (χ4n) is 3.47. The van der Waals surface area contributed by atoms with Gasteiger partial charge in [-0.05, 0) is 36.8 Å². The predicted molar refractivity (Wildman–Crippen MR) is 107 cm³/mol. The molecule has 3 heteroatoms. The van der Waals surface area contributed by atoms with Crippen LogP contribution >= 0.6 is 0 Å². The molecule has 2 aromatic rings. The lowest BCUT2D eigenvalue weighted by Crippen LogP contribution is -2.10. The molecule has 2 unspecified atom stereocenters. The molecule has 3 nitrogen and oxygen atoms in total. The van der Waals surface area contributed by atoms with E-state index in [-0.39, 0.29) is 29.8 Å². The minimum atomic E-state index is -0.126. The summed E-state index contributed by atoms with van der Waals surface area (Å²) in [5.74, 6) is 0.909. The first-order valence-corrected chi connectivity index (χ1v) is 9.49. The minimum Gasteiger partial charge on any atom is -0.469 e. The van der Waals surface area contributed by atoms with Gasteiger partial charge in [0, 0.05) is 12.0 Å². The van der Waals surface area contributed by atoms with Crippen molar-refractivity contribution in [1.29, 1.82) is 0 Å². The smallest absolute Gasteiger partial charge is 0.310 e. The molecular weight excluding hydrogens is 336 g/mol. The van der Waals surface area contributed by atoms with Crippen LogP contribution in [-0.4, -0.2) is 5.97 Å². The molecule has 0 saturated heterocycles. The molecule has 0 spiro atoms. The number of allylic oxidation sites excluding steroid dienone is 4. The average molecular weight is 364 g/mol. The Morgan fingerprint density at radius 1 is 1.22 bits per heavy atom. The Kier molecular flexibility index (Phi) is 5.69. The van der Waals surface area contributed by atoms with Crippen LogP contribution in [-0.2, 0) is 22.6 Å². The molecule has 2 atom stereocenters. The molecule has 1 heterocycles. The van der Waals surface area contributed by atoms with E-state index in [2.05, 4.69) is 51.1 Å². The Hall–Kier alpha value is -2.55. The standard InChI is InChI=1S/C24H28O3/c1-5-17(2)11-12-21-22(24(21,3)4)23(25)27-16-19-14-20(26-15-19)13-18-9-7-6-8-10-18/h5-12,14-15,21-22H,13,16H2,1-4H3. The van der Waals surface area contributed by atoms with E-state index in [0.717, 1.165) is 17.7 Å². The highest BCUT2D eigenvalue weighted by molar-refractivity contribution is 5.78. The van der Waals surface area contributed by atoms with Crippen LogP contribution in [0.3, 0.4) is 0 Å². The molecule has 142 valence electrons. The van der Waals surface area contributed by atoms with Gasteiger partial charge >= 0.3 is 5.97 Å². The molecule has 1 aliphatic carbocycles. The van der Waals surface area contributed by atoms with Gasteiger partial charge in [-0.3, -0.25) is 4.79 Å². The topological polar surface area (TPSA) is 39.4 Å². The van der Waals surface area contributed by atoms with Gasteiger partial charge in [-0.25, -0.2) is 0 Å². The lowest BCUT2D eigenvalue weighted by molar-refractivity contribution is -0.147. The van der Waals surface area contributed by atoms with Gasteiger partial charge in [0.05, 0.1) is 12.2 Å². The van der Waals surface area contributed by atoms with E-state index in [0.29, 0.717) is 0 Å². The zero-order valence-corrected chi connectivity index (χ0v) is 16.6. The fraction of sp³-hybridized carbons (Fsp3) is 0.375. The lowest BCUT2D eigenvalue weighted by Gasteiger charge is -2.03. The molecule has 1 aromatic heterocycles. The van der Waals surface area contributed by atoms with Crippen LogP contribution in [0.15, 0.2) is 70.9 Å². The van der Waals surface area contributed by atoms with Crippen molar-refractivity contribution in [3.8, 4) is 0 Å². The number of benzene rings is 1. The number of carbonyl (C=O) groups is 1. The third kappa shape index (κ3) is 4.60. The van der Waals surface area contributed by atoms with Crippen molar-refractivity contribution in [3.05, 3.63) is 83.3 Å². The monoisotopic (exact) mass is 364 g/mol. The molecule has 27 heavy (non-hydrogen) atoms. The molecule has 0 aliphatic heterocycles. The molecule has 1 fully saturated rings. The summed E-state index contributed by atoms with van der Waals surface area (Å²) in [6, 6.07) is 12.1. The summed E-state index contributed by atoms with van der Waals surface area (Å²) < 4.78 is 11.2. The summed E-state index contributed by atoms with van der Waals surface area (Å²) in [6.45, 7) is 8.57. The molecular formula is C24H28O3. The van der Waals surface area contributed by atoms with Crippen molar-refractivity contribution in [2.45, 2.75) is 40.7 Å². The number of hydrogen-bond acceptors (Lipinski definition) is 3. The maximum Gasteiger partial charge on any atom is 0.310 e. The van der Waals surface area contributed by atoms with E-state index >= 15 is 0 Å². The Bertz CT molecular complexity index is 840. The van der Waals surface area contributed by atoms with Crippen LogP contribution in [0.1, 0.15) is 44.6 Å². The van der Waals surface area contributed by atoms with Crippen LogP contribution in [0.2, 0.25) is 0 Å². The number of hydrogen-bond donors (Lipinski definition) is 0. The number of esters is 1. The number of carbonyl (C=O) groups excluding carboxylic acids is 1. The summed E-state index contributed by atoms with van der Waals surface area (Å²) in [5, 5.41) is 0. The Balaban J connectivity index is 1.53. The SMILES string of the molecule is CC=C(C)C=CC1C(C(=O)OCc2coc(Cc3ccccc3)c2)C1(C)C. The van der Waals surface area contributed by atoms with E-state index in [9.17, 15) is 4.79 Å². The van der Waals surface area contributed by atoms with Gasteiger partial charge in [0.1, 0.15) is 12.4 Å². The molecule has 1 aliphatic rings. The van der Waals surface area contributed by atoms with Gasteiger partial charge in [-0.2, -0.15) is 0 Å². The second-order valence-electron chi connectivity index (χ2n) is 7.91. The Morgan fingerprint density at radius 3 is 2.67 bits per heavy atom. The van der Waals surface area contributed by atoms with Gasteiger partial charge < -0.3 is 9.15 Å². The molecule has 1 saturated carbocycles. The molecule has 0 bridgehead atoms. The number of furan rings is 1. The van der Waals surface area contributed by atoms with Crippen molar-refractivity contribution in [1.82, 2.24) is 0 Å². The van der Waals surface area contributed by atoms with Crippen LogP contribution in [0.25, 0.3) is 0 Å². The summed E-state index contributed by atoms with van der Waals surface area (Å²) >= 11 is 0. The largest absolute Gasteiger partial charge is 0.469 e. The van der Waals surface area contributed by atoms with Crippen LogP contribution in [0.4, 0.5) is 0 Å². The minimum absolute atomic E-state index is 0.0452. The summed E-state index contributed by atoms with van der Waals surface area (Å²) in [7, 11) is 0. The second-order valence-corrected chi connectivity index (χ2v) is 7.91. The highest BCUT2D eigenvalue weighted by Crippen LogP contribution is 2.59. The Morgan fingerprint density at radius 2 is 1.96 bits per heavy atom. The zero-order valence-electron chi connectivity index (χ0n) is 16.6. The van der Waals surface area contributed by atoms with Crippen molar-refractivity contribution >= 4 is 5.97 Å². The van der Waals surface area contributed by atoms with Gasteiger partial charge in [-0.1, -0.05) is 68.0 Å². The quantitative estimate of drug-likeness (QED) is 0.467. The van der Waals surface area contributed by atoms with E-state index < -0.39 is 0 Å². The first-order valence-electron chi connectivity index (χ1n) is 9.49. The molecule has 0 radical (unpaired) electrons. The van der Waals surface area contributed by atoms with Gasteiger partial charge in [-0.15, -0.1) is 0 Å². The summed E-state index contributed by atoms with van der Waals surface area (Å²) in [5.41, 5.74) is 3.25. The fourth-order valence-corrected chi connectivity index (χ4v) is 3.47. The third-order valence-corrected chi connectivity index (χ3v) is 5.50. The first-order chi connectivity index (χ1) is 12.9. The summed E-state index contributed by atoms with van der Waals surface area (Å²) in [6.07, 6.45) is 8.70. The van der Waals surface area contributed by atoms with Crippen LogP contribution < -0.4 is 0 Å². The van der Waals surface area contributed by atoms with Crippen LogP contribution in [0, 0.1) is 17.3 Å². The zero-order chi connectivity index (χ0) is 19.4. The maximum atomic E-state index is 12.5. The normalized spacial score (nSPS) is 21.4. The molecule has 3 rings (SSSR count). The lowest BCUT2D eigenvalue weighted by atomic mass is 10.1. The second kappa shape index (κ2) is 7.99. The maximum absolute atomic E-state index is 12.5. The average Bonchev–Trinajstić information content (AvgIpc) is 2.98.